The highest BCUT2D eigenvalue weighted by Gasteiger charge is 2.37. The molecule has 0 saturated carbocycles. The highest BCUT2D eigenvalue weighted by Crippen LogP contribution is 2.36. The largest absolute Gasteiger partial charge is 0.495 e. The SMILES string of the molecule is COc1cc([C@H](CC(F)(F)F)C(=O)Nc2cc(CCC(=O)O)ccc2F)ccc1Cl. The first kappa shape index (κ1) is 23.5. The summed E-state index contributed by atoms with van der Waals surface area (Å²) in [5, 5.41) is 11.1. The molecule has 10 heteroatoms. The highest BCUT2D eigenvalue weighted by molar-refractivity contribution is 6.32. The monoisotopic (exact) mass is 447 g/mol. The van der Waals surface area contributed by atoms with Crippen molar-refractivity contribution in [1.82, 2.24) is 0 Å². The molecule has 2 N–H and O–H groups in total. The second kappa shape index (κ2) is 9.80. The number of ether oxygens (including phenoxy) is 1. The van der Waals surface area contributed by atoms with E-state index in [0.29, 0.717) is 5.56 Å². The molecular formula is C20H18ClF4NO4. The highest BCUT2D eigenvalue weighted by atomic mass is 35.5. The summed E-state index contributed by atoms with van der Waals surface area (Å²) in [6.45, 7) is 0. The number of carbonyl (C=O) groups excluding carboxylic acids is 1. The topological polar surface area (TPSA) is 75.6 Å². The molecule has 1 atom stereocenters. The Morgan fingerprint density at radius 2 is 1.90 bits per heavy atom. The lowest BCUT2D eigenvalue weighted by atomic mass is 9.94. The normalized spacial score (nSPS) is 12.3. The van der Waals surface area contributed by atoms with Gasteiger partial charge in [-0.1, -0.05) is 23.7 Å². The van der Waals surface area contributed by atoms with Gasteiger partial charge in [-0.3, -0.25) is 9.59 Å². The molecule has 0 aliphatic rings. The van der Waals surface area contributed by atoms with Crippen molar-refractivity contribution in [2.24, 2.45) is 0 Å². The van der Waals surface area contributed by atoms with Gasteiger partial charge < -0.3 is 15.2 Å². The lowest BCUT2D eigenvalue weighted by molar-refractivity contribution is -0.146. The molecule has 0 fully saturated rings. The van der Waals surface area contributed by atoms with Crippen LogP contribution in [0.2, 0.25) is 5.02 Å². The minimum absolute atomic E-state index is 0.00600. The zero-order chi connectivity index (χ0) is 22.5. The molecule has 0 radical (unpaired) electrons. The Kier molecular flexibility index (Phi) is 7.66. The van der Waals surface area contributed by atoms with Gasteiger partial charge in [0.2, 0.25) is 5.91 Å². The number of halogens is 5. The summed E-state index contributed by atoms with van der Waals surface area (Å²) in [4.78, 5) is 23.3. The molecule has 0 heterocycles. The van der Waals surface area contributed by atoms with Crippen LogP contribution in [-0.4, -0.2) is 30.3 Å². The van der Waals surface area contributed by atoms with Crippen molar-refractivity contribution in [3.63, 3.8) is 0 Å². The second-order valence-electron chi connectivity index (χ2n) is 6.46. The molecule has 0 aliphatic heterocycles. The maximum Gasteiger partial charge on any atom is 0.390 e. The van der Waals surface area contributed by atoms with E-state index in [4.69, 9.17) is 21.4 Å². The van der Waals surface area contributed by atoms with Gasteiger partial charge in [-0.05, 0) is 41.8 Å². The van der Waals surface area contributed by atoms with Crippen molar-refractivity contribution >= 4 is 29.2 Å². The van der Waals surface area contributed by atoms with Crippen LogP contribution in [0.3, 0.4) is 0 Å². The maximum atomic E-state index is 14.1. The lowest BCUT2D eigenvalue weighted by Crippen LogP contribution is -2.26. The molecule has 0 aromatic heterocycles. The van der Waals surface area contributed by atoms with Crippen molar-refractivity contribution in [3.8, 4) is 5.75 Å². The Bertz CT molecular complexity index is 934. The van der Waals surface area contributed by atoms with E-state index in [2.05, 4.69) is 5.32 Å². The number of aliphatic carboxylic acids is 1. The number of alkyl halides is 3. The van der Waals surface area contributed by atoms with Crippen LogP contribution >= 0.6 is 11.6 Å². The number of methoxy groups -OCH3 is 1. The van der Waals surface area contributed by atoms with Crippen molar-refractivity contribution in [3.05, 3.63) is 58.4 Å². The summed E-state index contributed by atoms with van der Waals surface area (Å²) in [7, 11) is 1.28. The number of anilines is 1. The Morgan fingerprint density at radius 1 is 1.20 bits per heavy atom. The van der Waals surface area contributed by atoms with Gasteiger partial charge in [-0.15, -0.1) is 0 Å². The van der Waals surface area contributed by atoms with E-state index in [1.807, 2.05) is 0 Å². The fourth-order valence-electron chi connectivity index (χ4n) is 2.78. The number of hydrogen-bond donors (Lipinski definition) is 2. The lowest BCUT2D eigenvalue weighted by Gasteiger charge is -2.20. The van der Waals surface area contributed by atoms with E-state index >= 15 is 0 Å². The van der Waals surface area contributed by atoms with E-state index in [1.54, 1.807) is 0 Å². The first-order chi connectivity index (χ1) is 14.0. The summed E-state index contributed by atoms with van der Waals surface area (Å²) in [5.41, 5.74) is 0.0686. The molecular weight excluding hydrogens is 430 g/mol. The van der Waals surface area contributed by atoms with Crippen LogP contribution in [0.5, 0.6) is 5.75 Å². The van der Waals surface area contributed by atoms with Crippen LogP contribution in [0.4, 0.5) is 23.2 Å². The molecule has 5 nitrogen and oxygen atoms in total. The van der Waals surface area contributed by atoms with Gasteiger partial charge in [-0.2, -0.15) is 13.2 Å². The molecule has 0 aliphatic carbocycles. The number of nitrogens with one attached hydrogen (secondary N) is 1. The van der Waals surface area contributed by atoms with Gasteiger partial charge in [0.15, 0.2) is 0 Å². The zero-order valence-corrected chi connectivity index (χ0v) is 16.5. The molecule has 0 bridgehead atoms. The van der Waals surface area contributed by atoms with E-state index in [0.717, 1.165) is 6.07 Å². The number of carboxylic acids is 1. The molecule has 162 valence electrons. The van der Waals surface area contributed by atoms with Gasteiger partial charge in [-0.25, -0.2) is 4.39 Å². The third-order valence-electron chi connectivity index (χ3n) is 4.25. The Labute approximate surface area is 174 Å². The summed E-state index contributed by atoms with van der Waals surface area (Å²) >= 11 is 5.89. The fourth-order valence-corrected chi connectivity index (χ4v) is 2.98. The molecule has 0 unspecified atom stereocenters. The van der Waals surface area contributed by atoms with Crippen LogP contribution in [0, 0.1) is 5.82 Å². The molecule has 2 aromatic rings. The average molecular weight is 448 g/mol. The number of benzene rings is 2. The Hall–Kier alpha value is -2.81. The van der Waals surface area contributed by atoms with Crippen LogP contribution < -0.4 is 10.1 Å². The summed E-state index contributed by atoms with van der Waals surface area (Å²) in [6, 6.07) is 7.34. The quantitative estimate of drug-likeness (QED) is 0.547. The fraction of sp³-hybridized carbons (Fsp3) is 0.300. The summed E-state index contributed by atoms with van der Waals surface area (Å²) < 4.78 is 58.4. The Balaban J connectivity index is 2.33. The number of hydrogen-bond acceptors (Lipinski definition) is 3. The molecule has 0 spiro atoms. The minimum atomic E-state index is -4.67. The number of carbonyl (C=O) groups is 2. The smallest absolute Gasteiger partial charge is 0.390 e. The van der Waals surface area contributed by atoms with Crippen molar-refractivity contribution in [2.45, 2.75) is 31.4 Å². The van der Waals surface area contributed by atoms with Gasteiger partial charge in [0.25, 0.3) is 0 Å². The number of carboxylic acid groups (broad SMARTS) is 1. The predicted octanol–water partition coefficient (Wildman–Crippen LogP) is 5.18. The Morgan fingerprint density at radius 3 is 2.50 bits per heavy atom. The standard InChI is InChI=1S/C20H18ClF4NO4/c1-30-17-9-12(4-5-14(17)21)13(10-20(23,24)25)19(29)26-16-8-11(2-6-15(16)22)3-7-18(27)28/h2,4-6,8-9,13H,3,7,10H2,1H3,(H,26,29)(H,27,28)/t13-/m0/s1. The van der Waals surface area contributed by atoms with E-state index < -0.39 is 36.2 Å². The first-order valence-electron chi connectivity index (χ1n) is 8.71. The third-order valence-corrected chi connectivity index (χ3v) is 4.56. The second-order valence-corrected chi connectivity index (χ2v) is 6.87. The number of amides is 1. The average Bonchev–Trinajstić information content (AvgIpc) is 2.66. The van der Waals surface area contributed by atoms with E-state index in [1.165, 1.54) is 37.4 Å². The van der Waals surface area contributed by atoms with Gasteiger partial charge in [0.05, 0.1) is 30.2 Å². The molecule has 2 rings (SSSR count). The van der Waals surface area contributed by atoms with Crippen LogP contribution in [0.15, 0.2) is 36.4 Å². The first-order valence-corrected chi connectivity index (χ1v) is 9.09. The molecule has 0 saturated heterocycles. The van der Waals surface area contributed by atoms with Gasteiger partial charge in [0, 0.05) is 6.42 Å². The van der Waals surface area contributed by atoms with Crippen molar-refractivity contribution in [1.29, 1.82) is 0 Å². The van der Waals surface area contributed by atoms with Crippen LogP contribution in [0.25, 0.3) is 0 Å². The molecule has 2 aromatic carbocycles. The zero-order valence-electron chi connectivity index (χ0n) is 15.7. The third kappa shape index (κ3) is 6.62. The van der Waals surface area contributed by atoms with Gasteiger partial charge in [0.1, 0.15) is 11.6 Å². The maximum absolute atomic E-state index is 14.1. The van der Waals surface area contributed by atoms with Gasteiger partial charge >= 0.3 is 12.1 Å². The van der Waals surface area contributed by atoms with Crippen molar-refractivity contribution < 1.29 is 37.0 Å². The van der Waals surface area contributed by atoms with Crippen LogP contribution in [-0.2, 0) is 16.0 Å². The van der Waals surface area contributed by atoms with E-state index in [9.17, 15) is 27.2 Å². The van der Waals surface area contributed by atoms with Crippen molar-refractivity contribution in [2.75, 3.05) is 12.4 Å². The summed E-state index contributed by atoms with van der Waals surface area (Å²) in [5.74, 6) is -4.59. The van der Waals surface area contributed by atoms with E-state index in [-0.39, 0.29) is 34.9 Å². The summed E-state index contributed by atoms with van der Waals surface area (Å²) in [6.07, 6.45) is -6.31. The number of aryl methyl sites for hydroxylation is 1. The predicted molar refractivity (Wildman–Crippen MR) is 102 cm³/mol. The molecule has 1 amide bonds. The number of rotatable bonds is 8. The minimum Gasteiger partial charge on any atom is -0.495 e. The molecule has 30 heavy (non-hydrogen) atoms. The van der Waals surface area contributed by atoms with Crippen LogP contribution in [0.1, 0.15) is 29.9 Å².